The third kappa shape index (κ3) is 6.51. The van der Waals surface area contributed by atoms with Crippen LogP contribution in [0.2, 0.25) is 10.0 Å². The average Bonchev–Trinajstić information content (AvgIpc) is 3.45. The molecule has 1 unspecified atom stereocenters. The average molecular weight is 551 g/mol. The lowest BCUT2D eigenvalue weighted by Gasteiger charge is -2.34. The van der Waals surface area contributed by atoms with Crippen LogP contribution >= 0.6 is 23.2 Å². The highest BCUT2D eigenvalue weighted by atomic mass is 35.5. The van der Waals surface area contributed by atoms with E-state index in [0.29, 0.717) is 35.3 Å². The number of carbonyl (C=O) groups is 1. The Morgan fingerprint density at radius 1 is 1.11 bits per heavy atom. The van der Waals surface area contributed by atoms with Crippen molar-refractivity contribution in [2.45, 2.75) is 38.4 Å². The number of aromatic nitrogens is 4. The highest BCUT2D eigenvalue weighted by molar-refractivity contribution is 6.36. The minimum absolute atomic E-state index is 0.0994. The van der Waals surface area contributed by atoms with Gasteiger partial charge in [0.2, 0.25) is 5.91 Å². The molecule has 0 saturated carbocycles. The molecule has 5 rings (SSSR count). The fourth-order valence-corrected chi connectivity index (χ4v) is 5.17. The van der Waals surface area contributed by atoms with E-state index in [4.69, 9.17) is 27.9 Å². The van der Waals surface area contributed by atoms with E-state index >= 15 is 0 Å². The number of benzene rings is 1. The predicted octanol–water partition coefficient (Wildman–Crippen LogP) is 4.93. The first-order valence-corrected chi connectivity index (χ1v) is 13.2. The Kier molecular flexibility index (Phi) is 8.53. The van der Waals surface area contributed by atoms with E-state index in [1.807, 2.05) is 36.7 Å². The number of carbonyl (C=O) groups excluding carboxylic acids is 1. The van der Waals surface area contributed by atoms with Crippen molar-refractivity contribution in [2.24, 2.45) is 0 Å². The molecule has 1 aliphatic rings. The van der Waals surface area contributed by atoms with Crippen molar-refractivity contribution in [2.75, 3.05) is 13.2 Å². The van der Waals surface area contributed by atoms with Crippen LogP contribution in [0.15, 0.2) is 67.4 Å². The molecular weight excluding hydrogens is 523 g/mol. The van der Waals surface area contributed by atoms with Gasteiger partial charge in [-0.15, -0.1) is 0 Å². The summed E-state index contributed by atoms with van der Waals surface area (Å²) in [5.41, 5.74) is 3.76. The zero-order chi connectivity index (χ0) is 26.3. The summed E-state index contributed by atoms with van der Waals surface area (Å²) < 4.78 is 5.85. The number of imidazole rings is 1. The number of hydrogen-bond donors (Lipinski definition) is 2. The molecule has 0 bridgehead atoms. The van der Waals surface area contributed by atoms with Crippen LogP contribution in [0.1, 0.15) is 40.7 Å². The Hall–Kier alpha value is -3.46. The maximum Gasteiger partial charge on any atom is 0.224 e. The number of amides is 1. The number of halogens is 2. The third-order valence-electron chi connectivity index (χ3n) is 6.57. The van der Waals surface area contributed by atoms with Gasteiger partial charge >= 0.3 is 0 Å². The molecule has 10 heteroatoms. The summed E-state index contributed by atoms with van der Waals surface area (Å²) in [4.78, 5) is 31.2. The second-order valence-corrected chi connectivity index (χ2v) is 9.97. The number of rotatable bonds is 10. The molecule has 1 aromatic carbocycles. The van der Waals surface area contributed by atoms with Crippen molar-refractivity contribution < 1.29 is 9.53 Å². The zero-order valence-electron chi connectivity index (χ0n) is 20.7. The van der Waals surface area contributed by atoms with Crippen molar-refractivity contribution in [3.8, 4) is 5.75 Å². The van der Waals surface area contributed by atoms with Gasteiger partial charge in [-0.3, -0.25) is 19.7 Å². The van der Waals surface area contributed by atoms with Crippen LogP contribution in [0.3, 0.4) is 0 Å². The van der Waals surface area contributed by atoms with Gasteiger partial charge in [0.15, 0.2) is 0 Å². The lowest BCUT2D eigenvalue weighted by molar-refractivity contribution is -0.120. The number of nitrogens with zero attached hydrogens (tertiary/aromatic N) is 4. The Morgan fingerprint density at radius 3 is 2.76 bits per heavy atom. The van der Waals surface area contributed by atoms with Gasteiger partial charge < -0.3 is 15.0 Å². The molecule has 1 amide bonds. The number of nitrogens with one attached hydrogen (secondary N) is 2. The van der Waals surface area contributed by atoms with Gasteiger partial charge in [0.1, 0.15) is 11.6 Å². The molecule has 3 aromatic heterocycles. The van der Waals surface area contributed by atoms with Crippen LogP contribution in [0.25, 0.3) is 0 Å². The first kappa shape index (κ1) is 26.2. The van der Waals surface area contributed by atoms with Gasteiger partial charge in [-0.2, -0.15) is 0 Å². The second kappa shape index (κ2) is 12.4. The number of H-pyrrole nitrogens is 1. The normalized spacial score (nSPS) is 14.7. The standard InChI is InChI=1S/C28H28Cl2N6O2/c29-22-16-31-17-23(30)21(22)14-27(37)35-15-20-4-1-3-19(13-20)6-11-36(18-26-32-9-10-33-26)24-7-12-38-25-5-2-8-34-28(24)25/h1-5,8-10,13,16-17,24H,6-7,11-12,14-15,18H2,(H,32,33)(H,35,37). The first-order valence-electron chi connectivity index (χ1n) is 12.5. The second-order valence-electron chi connectivity index (χ2n) is 9.15. The number of pyridine rings is 2. The molecule has 1 aliphatic heterocycles. The largest absolute Gasteiger partial charge is 0.492 e. The van der Waals surface area contributed by atoms with E-state index < -0.39 is 0 Å². The van der Waals surface area contributed by atoms with Gasteiger partial charge in [0, 0.05) is 56.1 Å². The maximum atomic E-state index is 12.5. The number of aromatic amines is 1. The van der Waals surface area contributed by atoms with Crippen molar-refractivity contribution in [3.63, 3.8) is 0 Å². The van der Waals surface area contributed by atoms with Crippen LogP contribution in [0, 0.1) is 0 Å². The monoisotopic (exact) mass is 550 g/mol. The first-order chi connectivity index (χ1) is 18.6. The summed E-state index contributed by atoms with van der Waals surface area (Å²) >= 11 is 12.3. The Labute approximate surface area is 231 Å². The van der Waals surface area contributed by atoms with Crippen molar-refractivity contribution in [1.82, 2.24) is 30.2 Å². The highest BCUT2D eigenvalue weighted by Crippen LogP contribution is 2.35. The number of hydrogen-bond acceptors (Lipinski definition) is 6. The molecule has 0 saturated heterocycles. The molecule has 0 spiro atoms. The van der Waals surface area contributed by atoms with Crippen LogP contribution < -0.4 is 10.1 Å². The van der Waals surface area contributed by atoms with E-state index in [1.165, 1.54) is 18.0 Å². The fraction of sp³-hybridized carbons (Fsp3) is 0.286. The Balaban J connectivity index is 1.23. The molecule has 0 radical (unpaired) electrons. The van der Waals surface area contributed by atoms with E-state index in [0.717, 1.165) is 42.2 Å². The Morgan fingerprint density at radius 2 is 1.95 bits per heavy atom. The third-order valence-corrected chi connectivity index (χ3v) is 7.22. The zero-order valence-corrected chi connectivity index (χ0v) is 22.3. The van der Waals surface area contributed by atoms with E-state index in [9.17, 15) is 4.79 Å². The summed E-state index contributed by atoms with van der Waals surface area (Å²) in [6, 6.07) is 12.3. The SMILES string of the molecule is O=C(Cc1c(Cl)cncc1Cl)NCc1cccc(CCN(Cc2ncc[nH]2)C2CCOc3cccnc32)c1. The molecule has 8 nitrogen and oxygen atoms in total. The molecule has 2 N–H and O–H groups in total. The lowest BCUT2D eigenvalue weighted by Crippen LogP contribution is -2.34. The summed E-state index contributed by atoms with van der Waals surface area (Å²) in [5.74, 6) is 1.61. The quantitative estimate of drug-likeness (QED) is 0.290. The van der Waals surface area contributed by atoms with Crippen LogP contribution in [-0.4, -0.2) is 43.9 Å². The van der Waals surface area contributed by atoms with Crippen molar-refractivity contribution >= 4 is 29.1 Å². The molecule has 196 valence electrons. The Bertz CT molecular complexity index is 1360. The topological polar surface area (TPSA) is 96.0 Å². The molecule has 1 atom stereocenters. The van der Waals surface area contributed by atoms with Gasteiger partial charge in [0.25, 0.3) is 0 Å². The van der Waals surface area contributed by atoms with Crippen LogP contribution in [-0.2, 0) is 30.7 Å². The number of fused-ring (bicyclic) bond motifs is 1. The molecular formula is C28H28Cl2N6O2. The molecule has 4 aromatic rings. The molecule has 38 heavy (non-hydrogen) atoms. The van der Waals surface area contributed by atoms with Crippen molar-refractivity contribution in [1.29, 1.82) is 0 Å². The summed E-state index contributed by atoms with van der Waals surface area (Å²) in [6.07, 6.45) is 10.2. The molecule has 4 heterocycles. The minimum atomic E-state index is -0.152. The smallest absolute Gasteiger partial charge is 0.224 e. The molecule has 0 aliphatic carbocycles. The highest BCUT2D eigenvalue weighted by Gasteiger charge is 2.28. The fourth-order valence-electron chi connectivity index (χ4n) is 4.67. The van der Waals surface area contributed by atoms with E-state index in [-0.39, 0.29) is 18.4 Å². The summed E-state index contributed by atoms with van der Waals surface area (Å²) in [6.45, 7) is 2.57. The maximum absolute atomic E-state index is 12.5. The van der Waals surface area contributed by atoms with Crippen LogP contribution in [0.4, 0.5) is 0 Å². The summed E-state index contributed by atoms with van der Waals surface area (Å²) in [7, 11) is 0. The molecule has 0 fully saturated rings. The predicted molar refractivity (Wildman–Crippen MR) is 146 cm³/mol. The number of ether oxygens (including phenoxy) is 1. The van der Waals surface area contributed by atoms with Gasteiger partial charge in [-0.1, -0.05) is 47.5 Å². The lowest BCUT2D eigenvalue weighted by atomic mass is 10.0. The van der Waals surface area contributed by atoms with E-state index in [2.05, 4.69) is 42.3 Å². The van der Waals surface area contributed by atoms with Gasteiger partial charge in [0.05, 0.1) is 41.4 Å². The van der Waals surface area contributed by atoms with Crippen LogP contribution in [0.5, 0.6) is 5.75 Å². The van der Waals surface area contributed by atoms with Gasteiger partial charge in [-0.25, -0.2) is 4.98 Å². The van der Waals surface area contributed by atoms with Gasteiger partial charge in [-0.05, 0) is 29.7 Å². The van der Waals surface area contributed by atoms with Crippen molar-refractivity contribution in [3.05, 3.63) is 106 Å². The summed E-state index contributed by atoms with van der Waals surface area (Å²) in [5, 5.41) is 3.74. The van der Waals surface area contributed by atoms with E-state index in [1.54, 1.807) is 6.20 Å². The minimum Gasteiger partial charge on any atom is -0.492 e.